The average molecular weight is 337 g/mol. The number of hydrogen-bond donors (Lipinski definition) is 1. The fraction of sp³-hybridized carbons (Fsp3) is 0.455. The maximum atomic E-state index is 12.7. The van der Waals surface area contributed by atoms with Crippen molar-refractivity contribution in [3.63, 3.8) is 0 Å². The lowest BCUT2D eigenvalue weighted by Gasteiger charge is -2.15. The Balaban J connectivity index is 2.57. The van der Waals surface area contributed by atoms with Gasteiger partial charge in [0, 0.05) is 23.9 Å². The number of nitrogens with one attached hydrogen (secondary N) is 1. The number of anilines is 1. The van der Waals surface area contributed by atoms with Gasteiger partial charge in [0.25, 0.3) is 11.4 Å². The van der Waals surface area contributed by atoms with E-state index in [1.165, 1.54) is 0 Å². The van der Waals surface area contributed by atoms with Gasteiger partial charge in [-0.05, 0) is 12.2 Å². The molecule has 120 valence electrons. The molecule has 2 rings (SSSR count). The first-order valence-electron chi connectivity index (χ1n) is 6.08. The zero-order valence-corrected chi connectivity index (χ0v) is 11.7. The Morgan fingerprint density at radius 2 is 1.73 bits per heavy atom. The Hall–Kier alpha value is -2.04. The third-order valence-electron chi connectivity index (χ3n) is 3.10. The van der Waals surface area contributed by atoms with Crippen LogP contribution >= 0.6 is 11.8 Å². The van der Waals surface area contributed by atoms with Crippen LogP contribution in [0.5, 0.6) is 0 Å². The van der Waals surface area contributed by atoms with Crippen LogP contribution in [0.4, 0.5) is 30.2 Å². The lowest BCUT2D eigenvalue weighted by Crippen LogP contribution is -2.20. The monoisotopic (exact) mass is 337 g/mol. The van der Waals surface area contributed by atoms with Crippen LogP contribution in [-0.4, -0.2) is 27.4 Å². The summed E-state index contributed by atoms with van der Waals surface area (Å²) in [5.41, 5.74) is -3.79. The number of nitrogens with zero attached hydrogens (tertiary/aromatic N) is 2. The molecule has 1 heterocycles. The minimum Gasteiger partial charge on any atom is -0.370 e. The molecule has 0 bridgehead atoms. The third-order valence-corrected chi connectivity index (χ3v) is 4.26. The van der Waals surface area contributed by atoms with Gasteiger partial charge in [0.05, 0.1) is 15.4 Å². The van der Waals surface area contributed by atoms with E-state index >= 15 is 0 Å². The van der Waals surface area contributed by atoms with E-state index in [1.54, 1.807) is 11.8 Å². The summed E-state index contributed by atoms with van der Waals surface area (Å²) >= 11 is 1.56. The highest BCUT2D eigenvalue weighted by atomic mass is 32.2. The second-order valence-electron chi connectivity index (χ2n) is 4.61. The van der Waals surface area contributed by atoms with Crippen LogP contribution < -0.4 is 5.32 Å². The molecule has 1 fully saturated rings. The lowest BCUT2D eigenvalue weighted by molar-refractivity contribution is -0.392. The highest BCUT2D eigenvalue weighted by Gasteiger charge is 2.38. The summed E-state index contributed by atoms with van der Waals surface area (Å²) < 4.78 is 38.2. The van der Waals surface area contributed by atoms with Gasteiger partial charge in [0.15, 0.2) is 5.69 Å². The molecule has 0 radical (unpaired) electrons. The molecule has 0 saturated carbocycles. The number of benzene rings is 1. The minimum absolute atomic E-state index is 0.251. The zero-order valence-electron chi connectivity index (χ0n) is 10.9. The second kappa shape index (κ2) is 5.99. The van der Waals surface area contributed by atoms with Crippen molar-refractivity contribution in [1.82, 2.24) is 0 Å². The second-order valence-corrected chi connectivity index (χ2v) is 5.76. The third kappa shape index (κ3) is 3.40. The summed E-state index contributed by atoms with van der Waals surface area (Å²) in [5.74, 6) is 1.36. The summed E-state index contributed by atoms with van der Waals surface area (Å²) in [7, 11) is 0. The van der Waals surface area contributed by atoms with Gasteiger partial charge in [-0.2, -0.15) is 24.9 Å². The lowest BCUT2D eigenvalue weighted by atomic mass is 10.1. The summed E-state index contributed by atoms with van der Waals surface area (Å²) in [6, 6.07) is 0.383. The van der Waals surface area contributed by atoms with Gasteiger partial charge in [-0.1, -0.05) is 0 Å². The van der Waals surface area contributed by atoms with Crippen molar-refractivity contribution >= 4 is 28.8 Å². The number of nitro groups is 2. The van der Waals surface area contributed by atoms with Crippen molar-refractivity contribution in [3.8, 4) is 0 Å². The molecule has 1 aliphatic heterocycles. The first-order chi connectivity index (χ1) is 10.2. The Morgan fingerprint density at radius 3 is 2.09 bits per heavy atom. The van der Waals surface area contributed by atoms with Crippen LogP contribution in [0.15, 0.2) is 12.1 Å². The Labute approximate surface area is 126 Å². The quantitative estimate of drug-likeness (QED) is 0.667. The number of thioether (sulfide) groups is 1. The fourth-order valence-corrected chi connectivity index (χ4v) is 3.22. The molecule has 11 heteroatoms. The maximum absolute atomic E-state index is 12.7. The molecule has 0 aromatic heterocycles. The van der Waals surface area contributed by atoms with Crippen LogP contribution in [0, 0.1) is 20.2 Å². The van der Waals surface area contributed by atoms with Gasteiger partial charge in [-0.3, -0.25) is 20.2 Å². The average Bonchev–Trinajstić information content (AvgIpc) is 2.89. The van der Waals surface area contributed by atoms with Gasteiger partial charge < -0.3 is 5.32 Å². The Kier molecular flexibility index (Phi) is 4.44. The summed E-state index contributed by atoms with van der Waals surface area (Å²) in [5, 5.41) is 24.7. The van der Waals surface area contributed by atoms with E-state index in [0.29, 0.717) is 24.3 Å². The first-order valence-corrected chi connectivity index (χ1v) is 7.24. The van der Waals surface area contributed by atoms with E-state index in [0.717, 1.165) is 5.75 Å². The Bertz CT molecular complexity index is 582. The number of hydrogen-bond acceptors (Lipinski definition) is 6. The predicted molar refractivity (Wildman–Crippen MR) is 74.1 cm³/mol. The van der Waals surface area contributed by atoms with Gasteiger partial charge in [-0.15, -0.1) is 0 Å². The molecule has 0 spiro atoms. The van der Waals surface area contributed by atoms with Crippen molar-refractivity contribution in [2.75, 3.05) is 16.8 Å². The number of alkyl halides is 3. The van der Waals surface area contributed by atoms with Gasteiger partial charge in [-0.25, -0.2) is 0 Å². The van der Waals surface area contributed by atoms with Crippen LogP contribution in [0.3, 0.4) is 0 Å². The van der Waals surface area contributed by atoms with Crippen molar-refractivity contribution < 1.29 is 23.0 Å². The summed E-state index contributed by atoms with van der Waals surface area (Å²) in [4.78, 5) is 19.9. The summed E-state index contributed by atoms with van der Waals surface area (Å²) in [6.07, 6.45) is -4.28. The van der Waals surface area contributed by atoms with Crippen molar-refractivity contribution in [3.05, 3.63) is 37.9 Å². The van der Waals surface area contributed by atoms with Gasteiger partial charge in [0.1, 0.15) is 0 Å². The fourth-order valence-electron chi connectivity index (χ4n) is 2.06. The molecule has 0 unspecified atom stereocenters. The van der Waals surface area contributed by atoms with E-state index in [1.807, 2.05) is 0 Å². The van der Waals surface area contributed by atoms with E-state index in [-0.39, 0.29) is 6.04 Å². The highest BCUT2D eigenvalue weighted by molar-refractivity contribution is 7.99. The highest BCUT2D eigenvalue weighted by Crippen LogP contribution is 2.42. The number of rotatable bonds is 4. The van der Waals surface area contributed by atoms with Crippen LogP contribution in [-0.2, 0) is 6.18 Å². The normalized spacial score (nSPS) is 18.2. The molecule has 1 aliphatic rings. The molecule has 1 aromatic carbocycles. The Morgan fingerprint density at radius 1 is 1.18 bits per heavy atom. The van der Waals surface area contributed by atoms with Gasteiger partial charge >= 0.3 is 6.18 Å². The molecule has 22 heavy (non-hydrogen) atoms. The largest absolute Gasteiger partial charge is 0.416 e. The molecule has 1 atom stereocenters. The summed E-state index contributed by atoms with van der Waals surface area (Å²) in [6.45, 7) is 0. The maximum Gasteiger partial charge on any atom is 0.416 e. The molecular weight excluding hydrogens is 327 g/mol. The SMILES string of the molecule is O=[N+]([O-])c1cc(C(F)(F)F)cc([N+](=O)[O-])c1N[C@@H]1CCSC1. The standard InChI is InChI=1S/C11H10F3N3O4S/c12-11(13,14)6-3-8(16(18)19)10(9(4-6)17(20)21)15-7-1-2-22-5-7/h3-4,7,15H,1-2,5H2/t7-/m1/s1. The van der Waals surface area contributed by atoms with Crippen LogP contribution in [0.2, 0.25) is 0 Å². The van der Waals surface area contributed by atoms with Crippen molar-refractivity contribution in [1.29, 1.82) is 0 Å². The number of nitro benzene ring substituents is 2. The molecule has 1 aromatic rings. The first kappa shape index (κ1) is 16.3. The molecule has 0 amide bonds. The minimum atomic E-state index is -4.91. The number of halogens is 3. The van der Waals surface area contributed by atoms with Crippen LogP contribution in [0.25, 0.3) is 0 Å². The van der Waals surface area contributed by atoms with Crippen LogP contribution in [0.1, 0.15) is 12.0 Å². The zero-order chi connectivity index (χ0) is 16.5. The van der Waals surface area contributed by atoms with E-state index in [9.17, 15) is 33.4 Å². The predicted octanol–water partition coefficient (Wildman–Crippen LogP) is 3.44. The molecular formula is C11H10F3N3O4S. The van der Waals surface area contributed by atoms with E-state index in [2.05, 4.69) is 5.32 Å². The molecule has 0 aliphatic carbocycles. The van der Waals surface area contributed by atoms with Gasteiger partial charge in [0.2, 0.25) is 0 Å². The topological polar surface area (TPSA) is 98.3 Å². The van der Waals surface area contributed by atoms with E-state index < -0.39 is 38.6 Å². The molecule has 7 nitrogen and oxygen atoms in total. The van der Waals surface area contributed by atoms with E-state index in [4.69, 9.17) is 0 Å². The van der Waals surface area contributed by atoms with Crippen molar-refractivity contribution in [2.45, 2.75) is 18.6 Å². The van der Waals surface area contributed by atoms with Crippen molar-refractivity contribution in [2.24, 2.45) is 0 Å². The molecule has 1 saturated heterocycles. The smallest absolute Gasteiger partial charge is 0.370 e. The molecule has 1 N–H and O–H groups in total.